The van der Waals surface area contributed by atoms with E-state index in [1.807, 2.05) is 6.92 Å². The molecule has 2 aromatic rings. The molecule has 0 heterocycles. The van der Waals surface area contributed by atoms with Crippen molar-refractivity contribution in [1.82, 2.24) is 5.32 Å². The Morgan fingerprint density at radius 3 is 2.11 bits per heavy atom. The highest BCUT2D eigenvalue weighted by molar-refractivity contribution is 5.97. The van der Waals surface area contributed by atoms with Gasteiger partial charge in [-0.25, -0.2) is 0 Å². The van der Waals surface area contributed by atoms with E-state index in [4.69, 9.17) is 0 Å². The number of amides is 3. The third-order valence-electron chi connectivity index (χ3n) is 3.67. The lowest BCUT2D eigenvalue weighted by molar-refractivity contribution is -0.116. The van der Waals surface area contributed by atoms with E-state index in [-0.39, 0.29) is 24.3 Å². The van der Waals surface area contributed by atoms with E-state index in [0.717, 1.165) is 0 Å². The first-order valence-electron chi connectivity index (χ1n) is 8.83. The van der Waals surface area contributed by atoms with Gasteiger partial charge in [0.1, 0.15) is 0 Å². The maximum atomic E-state index is 12.2. The van der Waals surface area contributed by atoms with E-state index in [9.17, 15) is 14.4 Å². The molecule has 0 aliphatic carbocycles. The van der Waals surface area contributed by atoms with Crippen molar-refractivity contribution in [2.75, 3.05) is 29.0 Å². The number of carbonyl (C=O) groups is 3. The number of hydrogen-bond acceptors (Lipinski definition) is 4. The van der Waals surface area contributed by atoms with Gasteiger partial charge in [-0.15, -0.1) is 0 Å². The Hall–Kier alpha value is -3.35. The number of anilines is 3. The maximum absolute atomic E-state index is 12.2. The van der Waals surface area contributed by atoms with Gasteiger partial charge < -0.3 is 21.3 Å². The zero-order chi connectivity index (χ0) is 19.6. The highest BCUT2D eigenvalue weighted by atomic mass is 16.2. The van der Waals surface area contributed by atoms with Gasteiger partial charge in [0.15, 0.2) is 0 Å². The van der Waals surface area contributed by atoms with Crippen molar-refractivity contribution < 1.29 is 14.4 Å². The average Bonchev–Trinajstić information content (AvgIpc) is 2.67. The second kappa shape index (κ2) is 9.96. The Morgan fingerprint density at radius 1 is 0.815 bits per heavy atom. The maximum Gasteiger partial charge on any atom is 0.251 e. The first kappa shape index (κ1) is 20.0. The molecule has 142 valence electrons. The molecular weight excluding hydrogens is 344 g/mol. The van der Waals surface area contributed by atoms with Gasteiger partial charge in [-0.1, -0.05) is 19.1 Å². The predicted octanol–water partition coefficient (Wildman–Crippen LogP) is 2.84. The first-order chi connectivity index (χ1) is 13.0. The average molecular weight is 368 g/mol. The van der Waals surface area contributed by atoms with Gasteiger partial charge in [-0.2, -0.15) is 0 Å². The number of benzene rings is 2. The van der Waals surface area contributed by atoms with Crippen LogP contribution < -0.4 is 21.3 Å². The van der Waals surface area contributed by atoms with Gasteiger partial charge in [0.05, 0.1) is 6.54 Å². The minimum atomic E-state index is -0.239. The third kappa shape index (κ3) is 6.47. The van der Waals surface area contributed by atoms with Crippen LogP contribution in [-0.4, -0.2) is 30.8 Å². The quantitative estimate of drug-likeness (QED) is 0.576. The molecule has 0 bridgehead atoms. The number of carbonyl (C=O) groups excluding carboxylic acids is 3. The molecule has 2 rings (SSSR count). The Morgan fingerprint density at radius 2 is 1.44 bits per heavy atom. The largest absolute Gasteiger partial charge is 0.376 e. The molecule has 7 heteroatoms. The van der Waals surface area contributed by atoms with Crippen molar-refractivity contribution in [2.24, 2.45) is 0 Å². The van der Waals surface area contributed by atoms with Crippen LogP contribution in [0.5, 0.6) is 0 Å². The van der Waals surface area contributed by atoms with Crippen LogP contribution in [0.4, 0.5) is 17.1 Å². The molecule has 27 heavy (non-hydrogen) atoms. The molecule has 0 spiro atoms. The number of nitrogens with one attached hydrogen (secondary N) is 4. The molecule has 0 saturated carbocycles. The molecule has 4 N–H and O–H groups in total. The van der Waals surface area contributed by atoms with E-state index >= 15 is 0 Å². The second-order valence-corrected chi connectivity index (χ2v) is 5.82. The Balaban J connectivity index is 1.91. The van der Waals surface area contributed by atoms with Gasteiger partial charge in [0.25, 0.3) is 5.91 Å². The van der Waals surface area contributed by atoms with Crippen LogP contribution in [0.3, 0.4) is 0 Å². The summed E-state index contributed by atoms with van der Waals surface area (Å²) >= 11 is 0. The summed E-state index contributed by atoms with van der Waals surface area (Å²) in [5, 5.41) is 11.2. The van der Waals surface area contributed by atoms with Crippen molar-refractivity contribution in [3.05, 3.63) is 54.1 Å². The summed E-state index contributed by atoms with van der Waals surface area (Å²) in [6.45, 7) is 4.22. The lowest BCUT2D eigenvalue weighted by atomic mass is 10.2. The van der Waals surface area contributed by atoms with Crippen molar-refractivity contribution in [3.8, 4) is 0 Å². The molecule has 0 fully saturated rings. The summed E-state index contributed by atoms with van der Waals surface area (Å²) in [7, 11) is 0. The standard InChI is InChI=1S/C20H24N4O3/c1-3-18(25)23-16-9-6-10-17(12-16)24-19(26)13-22-15-8-5-7-14(11-15)20(27)21-4-2/h5-12,22H,3-4,13H2,1-2H3,(H,21,27)(H,23,25)(H,24,26). The minimum Gasteiger partial charge on any atom is -0.376 e. The lowest BCUT2D eigenvalue weighted by Crippen LogP contribution is -2.23. The molecular formula is C20H24N4O3. The molecule has 0 atom stereocenters. The van der Waals surface area contributed by atoms with Crippen LogP contribution in [0.25, 0.3) is 0 Å². The van der Waals surface area contributed by atoms with E-state index in [1.165, 1.54) is 0 Å². The number of hydrogen-bond donors (Lipinski definition) is 4. The van der Waals surface area contributed by atoms with Crippen LogP contribution in [-0.2, 0) is 9.59 Å². The molecule has 0 radical (unpaired) electrons. The zero-order valence-electron chi connectivity index (χ0n) is 15.5. The lowest BCUT2D eigenvalue weighted by Gasteiger charge is -2.10. The molecule has 0 aliphatic rings. The monoisotopic (exact) mass is 368 g/mol. The van der Waals surface area contributed by atoms with Gasteiger partial charge in [0, 0.05) is 35.6 Å². The van der Waals surface area contributed by atoms with Gasteiger partial charge in [-0.3, -0.25) is 14.4 Å². The van der Waals surface area contributed by atoms with Crippen molar-refractivity contribution in [2.45, 2.75) is 20.3 Å². The van der Waals surface area contributed by atoms with E-state index in [1.54, 1.807) is 55.5 Å². The van der Waals surface area contributed by atoms with E-state index < -0.39 is 0 Å². The van der Waals surface area contributed by atoms with Crippen LogP contribution in [0.2, 0.25) is 0 Å². The smallest absolute Gasteiger partial charge is 0.251 e. The SMILES string of the molecule is CCNC(=O)c1cccc(NCC(=O)Nc2cccc(NC(=O)CC)c2)c1. The molecule has 3 amide bonds. The van der Waals surface area contributed by atoms with Crippen molar-refractivity contribution >= 4 is 34.8 Å². The zero-order valence-corrected chi connectivity index (χ0v) is 15.5. The van der Waals surface area contributed by atoms with Crippen molar-refractivity contribution in [3.63, 3.8) is 0 Å². The van der Waals surface area contributed by atoms with Gasteiger partial charge in [-0.05, 0) is 43.3 Å². The summed E-state index contributed by atoms with van der Waals surface area (Å²) in [6, 6.07) is 13.9. The van der Waals surface area contributed by atoms with Crippen LogP contribution in [0, 0.1) is 0 Å². The Kier molecular flexibility index (Phi) is 7.37. The second-order valence-electron chi connectivity index (χ2n) is 5.82. The molecule has 0 unspecified atom stereocenters. The third-order valence-corrected chi connectivity index (χ3v) is 3.67. The number of rotatable bonds is 8. The summed E-state index contributed by atoms with van der Waals surface area (Å²) in [4.78, 5) is 35.5. The van der Waals surface area contributed by atoms with E-state index in [0.29, 0.717) is 35.6 Å². The fourth-order valence-corrected chi connectivity index (χ4v) is 2.34. The van der Waals surface area contributed by atoms with Gasteiger partial charge >= 0.3 is 0 Å². The molecule has 2 aromatic carbocycles. The Labute approximate surface area is 158 Å². The van der Waals surface area contributed by atoms with Crippen LogP contribution in [0.1, 0.15) is 30.6 Å². The van der Waals surface area contributed by atoms with Crippen LogP contribution in [0.15, 0.2) is 48.5 Å². The predicted molar refractivity (Wildman–Crippen MR) is 107 cm³/mol. The van der Waals surface area contributed by atoms with Crippen molar-refractivity contribution in [1.29, 1.82) is 0 Å². The molecule has 0 aromatic heterocycles. The molecule has 7 nitrogen and oxygen atoms in total. The minimum absolute atomic E-state index is 0.0460. The topological polar surface area (TPSA) is 99.3 Å². The van der Waals surface area contributed by atoms with Gasteiger partial charge in [0.2, 0.25) is 11.8 Å². The van der Waals surface area contributed by atoms with Crippen LogP contribution >= 0.6 is 0 Å². The normalized spacial score (nSPS) is 10.0. The first-order valence-corrected chi connectivity index (χ1v) is 8.83. The van der Waals surface area contributed by atoms with E-state index in [2.05, 4.69) is 21.3 Å². The Bertz CT molecular complexity index is 820. The fraction of sp³-hybridized carbons (Fsp3) is 0.250. The summed E-state index contributed by atoms with van der Waals surface area (Å²) < 4.78 is 0. The fourth-order valence-electron chi connectivity index (χ4n) is 2.34. The highest BCUT2D eigenvalue weighted by Gasteiger charge is 2.07. The summed E-state index contributed by atoms with van der Waals surface area (Å²) in [6.07, 6.45) is 0.385. The summed E-state index contributed by atoms with van der Waals surface area (Å²) in [5.41, 5.74) is 2.42. The summed E-state index contributed by atoms with van der Waals surface area (Å²) in [5.74, 6) is -0.485. The molecule has 0 aliphatic heterocycles. The highest BCUT2D eigenvalue weighted by Crippen LogP contribution is 2.15. The molecule has 0 saturated heterocycles.